The Balaban J connectivity index is 1.46. The molecule has 1 heterocycles. The molecule has 1 fully saturated rings. The zero-order chi connectivity index (χ0) is 22.4. The third kappa shape index (κ3) is 6.16. The molecule has 1 aliphatic carbocycles. The topological polar surface area (TPSA) is 81.7 Å². The van der Waals surface area contributed by atoms with Crippen molar-refractivity contribution >= 4 is 11.7 Å². The zero-order valence-electron chi connectivity index (χ0n) is 17.2. The molecule has 7 nitrogen and oxygen atoms in total. The summed E-state index contributed by atoms with van der Waals surface area (Å²) in [7, 11) is 3.05. The van der Waals surface area contributed by atoms with Crippen molar-refractivity contribution in [3.63, 3.8) is 0 Å². The maximum Gasteiger partial charge on any atom is 0.417 e. The van der Waals surface area contributed by atoms with Gasteiger partial charge in [-0.2, -0.15) is 13.2 Å². The Morgan fingerprint density at radius 3 is 2.39 bits per heavy atom. The number of halogens is 3. The van der Waals surface area contributed by atoms with E-state index in [-0.39, 0.29) is 24.1 Å². The number of alkyl halides is 3. The van der Waals surface area contributed by atoms with Gasteiger partial charge in [0.1, 0.15) is 17.6 Å². The largest absolute Gasteiger partial charge is 0.497 e. The molecule has 0 atom stereocenters. The number of urea groups is 1. The minimum Gasteiger partial charge on any atom is -0.497 e. The van der Waals surface area contributed by atoms with Crippen LogP contribution in [0.2, 0.25) is 0 Å². The normalized spacial score (nSPS) is 18.7. The van der Waals surface area contributed by atoms with Crippen LogP contribution < -0.4 is 24.8 Å². The molecule has 0 bridgehead atoms. The van der Waals surface area contributed by atoms with Gasteiger partial charge in [0.2, 0.25) is 5.88 Å². The molecule has 1 saturated carbocycles. The van der Waals surface area contributed by atoms with E-state index in [1.807, 2.05) is 0 Å². The fourth-order valence-electron chi connectivity index (χ4n) is 3.36. The Labute approximate surface area is 177 Å². The summed E-state index contributed by atoms with van der Waals surface area (Å²) in [6, 6.07) is 6.88. The lowest BCUT2D eigenvalue weighted by atomic mass is 9.93. The van der Waals surface area contributed by atoms with Gasteiger partial charge in [0.05, 0.1) is 25.5 Å². The van der Waals surface area contributed by atoms with E-state index in [4.69, 9.17) is 14.2 Å². The van der Waals surface area contributed by atoms with Gasteiger partial charge in [0.15, 0.2) is 0 Å². The predicted octanol–water partition coefficient (Wildman–Crippen LogP) is 4.63. The van der Waals surface area contributed by atoms with Gasteiger partial charge >= 0.3 is 12.2 Å². The smallest absolute Gasteiger partial charge is 0.417 e. The number of carbonyl (C=O) groups excluding carboxylic acids is 1. The molecule has 3 rings (SSSR count). The summed E-state index contributed by atoms with van der Waals surface area (Å²) in [5.41, 5.74) is -0.293. The van der Waals surface area contributed by atoms with Gasteiger partial charge in [0, 0.05) is 24.4 Å². The number of nitrogens with one attached hydrogen (secondary N) is 2. The minimum atomic E-state index is -4.42. The monoisotopic (exact) mass is 439 g/mol. The van der Waals surface area contributed by atoms with Gasteiger partial charge in [-0.3, -0.25) is 0 Å². The summed E-state index contributed by atoms with van der Waals surface area (Å²) in [6.07, 6.45) is -1.16. The van der Waals surface area contributed by atoms with Crippen molar-refractivity contribution in [3.05, 3.63) is 42.1 Å². The number of aromatic nitrogens is 1. The number of rotatable bonds is 6. The molecule has 2 amide bonds. The van der Waals surface area contributed by atoms with Crippen molar-refractivity contribution < 1.29 is 32.2 Å². The number of hydrogen-bond acceptors (Lipinski definition) is 5. The highest BCUT2D eigenvalue weighted by atomic mass is 19.4. The summed E-state index contributed by atoms with van der Waals surface area (Å²) in [5.74, 6) is 1.26. The average molecular weight is 439 g/mol. The highest BCUT2D eigenvalue weighted by Crippen LogP contribution is 2.31. The molecule has 2 N–H and O–H groups in total. The van der Waals surface area contributed by atoms with Crippen LogP contribution in [0.15, 0.2) is 36.5 Å². The fraction of sp³-hybridized carbons (Fsp3) is 0.429. The van der Waals surface area contributed by atoms with E-state index in [0.29, 0.717) is 42.9 Å². The van der Waals surface area contributed by atoms with Crippen LogP contribution in [0.25, 0.3) is 0 Å². The van der Waals surface area contributed by atoms with Crippen LogP contribution in [-0.2, 0) is 6.18 Å². The maximum atomic E-state index is 12.6. The lowest BCUT2D eigenvalue weighted by Crippen LogP contribution is -2.41. The van der Waals surface area contributed by atoms with E-state index in [0.717, 1.165) is 12.3 Å². The number of amides is 2. The quantitative estimate of drug-likeness (QED) is 0.686. The van der Waals surface area contributed by atoms with Gasteiger partial charge in [0.25, 0.3) is 0 Å². The number of nitrogens with zero attached hydrogens (tertiary/aromatic N) is 1. The van der Waals surface area contributed by atoms with Crippen LogP contribution in [0.5, 0.6) is 17.4 Å². The summed E-state index contributed by atoms with van der Waals surface area (Å²) in [6.45, 7) is 0. The summed E-state index contributed by atoms with van der Waals surface area (Å²) >= 11 is 0. The third-order valence-electron chi connectivity index (χ3n) is 5.02. The van der Waals surface area contributed by atoms with Crippen molar-refractivity contribution in [1.82, 2.24) is 10.3 Å². The van der Waals surface area contributed by atoms with Crippen LogP contribution in [0.3, 0.4) is 0 Å². The van der Waals surface area contributed by atoms with Crippen molar-refractivity contribution in [3.8, 4) is 17.4 Å². The van der Waals surface area contributed by atoms with Crippen molar-refractivity contribution in [2.45, 2.75) is 44.0 Å². The van der Waals surface area contributed by atoms with Crippen LogP contribution in [0.4, 0.5) is 23.7 Å². The van der Waals surface area contributed by atoms with E-state index in [2.05, 4.69) is 15.6 Å². The molecule has 0 unspecified atom stereocenters. The summed E-state index contributed by atoms with van der Waals surface area (Å²) < 4.78 is 53.9. The third-order valence-corrected chi connectivity index (χ3v) is 5.02. The molecule has 2 aromatic rings. The number of methoxy groups -OCH3 is 2. The maximum absolute atomic E-state index is 12.6. The molecule has 10 heteroatoms. The molecular formula is C21H24F3N3O4. The first-order valence-electron chi connectivity index (χ1n) is 9.78. The van der Waals surface area contributed by atoms with Gasteiger partial charge in [-0.1, -0.05) is 0 Å². The Hall–Kier alpha value is -3.17. The molecule has 0 aliphatic heterocycles. The first-order chi connectivity index (χ1) is 14.8. The number of anilines is 1. The predicted molar refractivity (Wildman–Crippen MR) is 108 cm³/mol. The molecule has 1 aliphatic rings. The molecule has 1 aromatic carbocycles. The van der Waals surface area contributed by atoms with Crippen molar-refractivity contribution in [2.24, 2.45) is 0 Å². The van der Waals surface area contributed by atoms with Gasteiger partial charge in [-0.25, -0.2) is 9.78 Å². The lowest BCUT2D eigenvalue weighted by molar-refractivity contribution is -0.137. The van der Waals surface area contributed by atoms with E-state index < -0.39 is 11.7 Å². The number of carbonyl (C=O) groups is 1. The second-order valence-corrected chi connectivity index (χ2v) is 7.14. The summed E-state index contributed by atoms with van der Waals surface area (Å²) in [4.78, 5) is 16.1. The van der Waals surface area contributed by atoms with E-state index in [1.165, 1.54) is 13.2 Å². The van der Waals surface area contributed by atoms with E-state index >= 15 is 0 Å². The standard InChI is InChI=1S/C21H24F3N3O4/c1-29-16-8-9-17(18(11-16)30-2)27-20(28)26-14-4-6-15(7-5-14)31-19-10-3-13(12-25-19)21(22,23)24/h3,8-12,14-15H,4-7H2,1-2H3,(H2,26,27,28). The number of ether oxygens (including phenoxy) is 3. The Morgan fingerprint density at radius 2 is 1.81 bits per heavy atom. The molecule has 0 spiro atoms. The molecule has 168 valence electrons. The molecule has 0 saturated heterocycles. The van der Waals surface area contributed by atoms with Crippen molar-refractivity contribution in [1.29, 1.82) is 0 Å². The van der Waals surface area contributed by atoms with Gasteiger partial charge in [-0.15, -0.1) is 0 Å². The molecule has 31 heavy (non-hydrogen) atoms. The van der Waals surface area contributed by atoms with Gasteiger partial charge in [-0.05, 0) is 43.9 Å². The Kier molecular flexibility index (Phi) is 7.09. The van der Waals surface area contributed by atoms with Crippen LogP contribution >= 0.6 is 0 Å². The second-order valence-electron chi connectivity index (χ2n) is 7.14. The molecule has 0 radical (unpaired) electrons. The highest BCUT2D eigenvalue weighted by Gasteiger charge is 2.31. The number of benzene rings is 1. The molecular weight excluding hydrogens is 415 g/mol. The zero-order valence-corrected chi connectivity index (χ0v) is 17.2. The van der Waals surface area contributed by atoms with Crippen molar-refractivity contribution in [2.75, 3.05) is 19.5 Å². The Morgan fingerprint density at radius 1 is 1.06 bits per heavy atom. The summed E-state index contributed by atoms with van der Waals surface area (Å²) in [5, 5.41) is 5.69. The Bertz CT molecular complexity index is 882. The number of pyridine rings is 1. The second kappa shape index (κ2) is 9.76. The SMILES string of the molecule is COc1ccc(NC(=O)NC2CCC(Oc3ccc(C(F)(F)F)cn3)CC2)c(OC)c1. The highest BCUT2D eigenvalue weighted by molar-refractivity contribution is 5.91. The fourth-order valence-corrected chi connectivity index (χ4v) is 3.36. The first-order valence-corrected chi connectivity index (χ1v) is 9.78. The number of hydrogen-bond donors (Lipinski definition) is 2. The lowest BCUT2D eigenvalue weighted by Gasteiger charge is -2.29. The van der Waals surface area contributed by atoms with Crippen LogP contribution in [-0.4, -0.2) is 37.4 Å². The van der Waals surface area contributed by atoms with Crippen LogP contribution in [0.1, 0.15) is 31.2 Å². The minimum absolute atomic E-state index is 0.0374. The van der Waals surface area contributed by atoms with Crippen LogP contribution in [0, 0.1) is 0 Å². The average Bonchev–Trinajstić information content (AvgIpc) is 2.75. The van der Waals surface area contributed by atoms with Gasteiger partial charge < -0.3 is 24.8 Å². The molecule has 1 aromatic heterocycles. The van der Waals surface area contributed by atoms with E-state index in [1.54, 1.807) is 25.3 Å². The first kappa shape index (κ1) is 22.5. The van der Waals surface area contributed by atoms with E-state index in [9.17, 15) is 18.0 Å².